The predicted molar refractivity (Wildman–Crippen MR) is 80.0 cm³/mol. The van der Waals surface area contributed by atoms with Crippen molar-refractivity contribution in [2.75, 3.05) is 13.7 Å². The van der Waals surface area contributed by atoms with Crippen molar-refractivity contribution in [3.63, 3.8) is 0 Å². The highest BCUT2D eigenvalue weighted by Crippen LogP contribution is 2.18. The van der Waals surface area contributed by atoms with Crippen LogP contribution in [0.5, 0.6) is 0 Å². The van der Waals surface area contributed by atoms with E-state index >= 15 is 0 Å². The molecule has 0 saturated heterocycles. The van der Waals surface area contributed by atoms with E-state index < -0.39 is 15.6 Å². The fraction of sp³-hybridized carbons (Fsp3) is 0.571. The van der Waals surface area contributed by atoms with E-state index in [9.17, 15) is 8.42 Å². The Bertz CT molecular complexity index is 554. The second-order valence-corrected chi connectivity index (χ2v) is 7.09. The van der Waals surface area contributed by atoms with Crippen molar-refractivity contribution in [1.29, 1.82) is 0 Å². The summed E-state index contributed by atoms with van der Waals surface area (Å²) in [6.45, 7) is 6.19. The van der Waals surface area contributed by atoms with Crippen LogP contribution in [0, 0.1) is 0 Å². The summed E-state index contributed by atoms with van der Waals surface area (Å²) in [6, 6.07) is 5.08. The van der Waals surface area contributed by atoms with Crippen LogP contribution in [-0.4, -0.2) is 27.7 Å². The third-order valence-electron chi connectivity index (χ3n) is 3.00. The largest absolute Gasteiger partial charge is 0.383 e. The number of methoxy groups -OCH3 is 1. The van der Waals surface area contributed by atoms with E-state index in [0.29, 0.717) is 13.2 Å². The summed E-state index contributed by atoms with van der Waals surface area (Å²) in [5.74, 6) is 0. The number of nitrogens with one attached hydrogen (secondary N) is 1. The molecule has 1 aromatic rings. The SMILES string of the molecule is CCc1ccc(S(=O)(=O)NC(C)(C)COC)cc1CN. The smallest absolute Gasteiger partial charge is 0.241 e. The van der Waals surface area contributed by atoms with Crippen LogP contribution in [0.25, 0.3) is 0 Å². The number of nitrogens with two attached hydrogens (primary N) is 1. The van der Waals surface area contributed by atoms with Crippen LogP contribution >= 0.6 is 0 Å². The molecule has 1 aromatic carbocycles. The molecule has 0 aliphatic rings. The maximum atomic E-state index is 12.4. The topological polar surface area (TPSA) is 81.4 Å². The maximum absolute atomic E-state index is 12.4. The van der Waals surface area contributed by atoms with Gasteiger partial charge in [0.15, 0.2) is 0 Å². The van der Waals surface area contributed by atoms with Gasteiger partial charge in [-0.1, -0.05) is 13.0 Å². The molecule has 0 bridgehead atoms. The molecule has 0 aromatic heterocycles. The Kier molecular flexibility index (Phi) is 5.70. The molecule has 0 atom stereocenters. The van der Waals surface area contributed by atoms with Crippen LogP contribution in [0.1, 0.15) is 31.9 Å². The lowest BCUT2D eigenvalue weighted by atomic mass is 10.1. The summed E-state index contributed by atoms with van der Waals surface area (Å²) >= 11 is 0. The Morgan fingerprint density at radius 1 is 1.30 bits per heavy atom. The van der Waals surface area contributed by atoms with E-state index in [1.807, 2.05) is 13.0 Å². The van der Waals surface area contributed by atoms with Crippen molar-refractivity contribution in [2.24, 2.45) is 5.73 Å². The van der Waals surface area contributed by atoms with Crippen LogP contribution < -0.4 is 10.5 Å². The van der Waals surface area contributed by atoms with Gasteiger partial charge in [0.1, 0.15) is 0 Å². The molecule has 0 spiro atoms. The lowest BCUT2D eigenvalue weighted by Crippen LogP contribution is -2.46. The Morgan fingerprint density at radius 3 is 2.45 bits per heavy atom. The molecule has 0 aliphatic heterocycles. The molecule has 5 nitrogen and oxygen atoms in total. The first-order valence-corrected chi connectivity index (χ1v) is 8.09. The molecule has 0 fully saturated rings. The minimum absolute atomic E-state index is 0.235. The van der Waals surface area contributed by atoms with Gasteiger partial charge in [0.05, 0.1) is 17.0 Å². The van der Waals surface area contributed by atoms with Gasteiger partial charge in [0, 0.05) is 13.7 Å². The van der Waals surface area contributed by atoms with Crippen LogP contribution in [0.15, 0.2) is 23.1 Å². The number of ether oxygens (including phenoxy) is 1. The standard InChI is InChI=1S/C14H24N2O3S/c1-5-11-6-7-13(8-12(11)9-15)20(17,18)16-14(2,3)10-19-4/h6-8,16H,5,9-10,15H2,1-4H3. The summed E-state index contributed by atoms with van der Waals surface area (Å²) in [7, 11) is -2.04. The minimum atomic E-state index is -3.58. The fourth-order valence-electron chi connectivity index (χ4n) is 2.12. The lowest BCUT2D eigenvalue weighted by molar-refractivity contribution is 0.141. The normalized spacial score (nSPS) is 12.7. The van der Waals surface area contributed by atoms with E-state index in [4.69, 9.17) is 10.5 Å². The Morgan fingerprint density at radius 2 is 1.95 bits per heavy atom. The number of hydrogen-bond donors (Lipinski definition) is 2. The second-order valence-electron chi connectivity index (χ2n) is 5.41. The third-order valence-corrected chi connectivity index (χ3v) is 4.70. The van der Waals surface area contributed by atoms with E-state index in [0.717, 1.165) is 17.5 Å². The number of hydrogen-bond acceptors (Lipinski definition) is 4. The zero-order chi connectivity index (χ0) is 15.4. The first kappa shape index (κ1) is 17.1. The van der Waals surface area contributed by atoms with E-state index in [2.05, 4.69) is 4.72 Å². The zero-order valence-corrected chi connectivity index (χ0v) is 13.4. The monoisotopic (exact) mass is 300 g/mol. The summed E-state index contributed by atoms with van der Waals surface area (Å²) in [5.41, 5.74) is 6.94. The predicted octanol–water partition coefficient (Wildman–Crippen LogP) is 1.41. The summed E-state index contributed by atoms with van der Waals surface area (Å²) < 4.78 is 32.4. The maximum Gasteiger partial charge on any atom is 0.241 e. The highest BCUT2D eigenvalue weighted by atomic mass is 32.2. The van der Waals surface area contributed by atoms with Crippen molar-refractivity contribution < 1.29 is 13.2 Å². The Labute approximate surface area is 121 Å². The summed E-state index contributed by atoms with van der Waals surface area (Å²) in [4.78, 5) is 0.235. The van der Waals surface area contributed by atoms with Gasteiger partial charge in [-0.05, 0) is 43.5 Å². The molecule has 0 unspecified atom stereocenters. The molecule has 0 heterocycles. The van der Waals surface area contributed by atoms with Crippen molar-refractivity contribution >= 4 is 10.0 Å². The average molecular weight is 300 g/mol. The third kappa shape index (κ3) is 4.28. The molecule has 3 N–H and O–H groups in total. The van der Waals surface area contributed by atoms with Gasteiger partial charge in [-0.15, -0.1) is 0 Å². The van der Waals surface area contributed by atoms with Crippen molar-refractivity contribution in [1.82, 2.24) is 4.72 Å². The highest BCUT2D eigenvalue weighted by molar-refractivity contribution is 7.89. The number of aryl methyl sites for hydroxylation is 1. The number of benzene rings is 1. The van der Waals surface area contributed by atoms with E-state index in [-0.39, 0.29) is 4.90 Å². The molecular weight excluding hydrogens is 276 g/mol. The molecule has 1 rings (SSSR count). The van der Waals surface area contributed by atoms with Crippen molar-refractivity contribution in [2.45, 2.75) is 44.2 Å². The number of sulfonamides is 1. The number of rotatable bonds is 7. The second kappa shape index (κ2) is 6.67. The van der Waals surface area contributed by atoms with Crippen molar-refractivity contribution in [3.8, 4) is 0 Å². The van der Waals surface area contributed by atoms with Gasteiger partial charge in [-0.2, -0.15) is 0 Å². The van der Waals surface area contributed by atoms with Gasteiger partial charge in [0.25, 0.3) is 0 Å². The molecule has 0 saturated carbocycles. The molecule has 0 radical (unpaired) electrons. The van der Waals surface area contributed by atoms with E-state index in [1.165, 1.54) is 0 Å². The first-order valence-electron chi connectivity index (χ1n) is 6.60. The average Bonchev–Trinajstić information content (AvgIpc) is 2.36. The highest BCUT2D eigenvalue weighted by Gasteiger charge is 2.26. The molecule has 20 heavy (non-hydrogen) atoms. The van der Waals surface area contributed by atoms with Gasteiger partial charge >= 0.3 is 0 Å². The van der Waals surface area contributed by atoms with Gasteiger partial charge in [-0.3, -0.25) is 0 Å². The minimum Gasteiger partial charge on any atom is -0.383 e. The van der Waals surface area contributed by atoms with E-state index in [1.54, 1.807) is 33.1 Å². The quantitative estimate of drug-likeness (QED) is 0.798. The van der Waals surface area contributed by atoms with Gasteiger partial charge in [-0.25, -0.2) is 13.1 Å². The molecule has 0 aliphatic carbocycles. The molecular formula is C14H24N2O3S. The van der Waals surface area contributed by atoms with Crippen LogP contribution in [0.3, 0.4) is 0 Å². The van der Waals surface area contributed by atoms with Crippen LogP contribution in [0.4, 0.5) is 0 Å². The van der Waals surface area contributed by atoms with Gasteiger partial charge in [0.2, 0.25) is 10.0 Å². The van der Waals surface area contributed by atoms with Gasteiger partial charge < -0.3 is 10.5 Å². The lowest BCUT2D eigenvalue weighted by Gasteiger charge is -2.25. The molecule has 114 valence electrons. The first-order chi connectivity index (χ1) is 9.25. The van der Waals surface area contributed by atoms with Crippen LogP contribution in [0.2, 0.25) is 0 Å². The fourth-order valence-corrected chi connectivity index (χ4v) is 3.57. The Hall–Kier alpha value is -0.950. The summed E-state index contributed by atoms with van der Waals surface area (Å²) in [5, 5.41) is 0. The zero-order valence-electron chi connectivity index (χ0n) is 12.6. The van der Waals surface area contributed by atoms with Crippen molar-refractivity contribution in [3.05, 3.63) is 29.3 Å². The molecule has 0 amide bonds. The molecule has 6 heteroatoms. The Balaban J connectivity index is 3.10. The van der Waals surface area contributed by atoms with Crippen LogP contribution in [-0.2, 0) is 27.7 Å². The summed E-state index contributed by atoms with van der Waals surface area (Å²) in [6.07, 6.45) is 0.829.